The Bertz CT molecular complexity index is 571. The van der Waals surface area contributed by atoms with Crippen molar-refractivity contribution in [2.24, 2.45) is 5.73 Å². The van der Waals surface area contributed by atoms with Gasteiger partial charge in [0.15, 0.2) is 0 Å². The van der Waals surface area contributed by atoms with E-state index in [0.717, 1.165) is 18.0 Å². The number of rotatable bonds is 3. The Balaban J connectivity index is 2.04. The van der Waals surface area contributed by atoms with E-state index in [1.54, 1.807) is 13.3 Å². The first kappa shape index (κ1) is 12.0. The fourth-order valence-corrected chi connectivity index (χ4v) is 2.75. The predicted octanol–water partition coefficient (Wildman–Crippen LogP) is 2.11. The van der Waals surface area contributed by atoms with Gasteiger partial charge in [-0.3, -0.25) is 4.98 Å². The van der Waals surface area contributed by atoms with E-state index < -0.39 is 0 Å². The van der Waals surface area contributed by atoms with Crippen molar-refractivity contribution in [1.82, 2.24) is 4.98 Å². The van der Waals surface area contributed by atoms with Gasteiger partial charge in [-0.2, -0.15) is 0 Å². The Morgan fingerprint density at radius 3 is 2.95 bits per heavy atom. The quantitative estimate of drug-likeness (QED) is 0.912. The summed E-state index contributed by atoms with van der Waals surface area (Å²) < 4.78 is 5.45. The van der Waals surface area contributed by atoms with Gasteiger partial charge in [0, 0.05) is 24.8 Å². The van der Waals surface area contributed by atoms with E-state index in [0.29, 0.717) is 6.54 Å². The summed E-state index contributed by atoms with van der Waals surface area (Å²) in [6.45, 7) is 1.39. The zero-order valence-corrected chi connectivity index (χ0v) is 10.9. The summed E-state index contributed by atoms with van der Waals surface area (Å²) in [6, 6.07) is 10.4. The number of benzene rings is 1. The fraction of sp³-hybridized carbons (Fsp3) is 0.267. The highest BCUT2D eigenvalue weighted by molar-refractivity contribution is 5.57. The molecule has 1 atom stereocenters. The summed E-state index contributed by atoms with van der Waals surface area (Å²) in [5.74, 6) is 0.933. The molecule has 1 aliphatic rings. The highest BCUT2D eigenvalue weighted by Crippen LogP contribution is 2.40. The minimum Gasteiger partial charge on any atom is -0.496 e. The highest BCUT2D eigenvalue weighted by Gasteiger charge is 2.31. The standard InChI is InChI=1S/C15H17N3O/c1-19-15-6-2-5-12-13(15)10-18(14(12)8-16)11-4-3-7-17-9-11/h2-7,9,14H,8,10,16H2,1H3. The second-order valence-corrected chi connectivity index (χ2v) is 4.62. The summed E-state index contributed by atoms with van der Waals surface area (Å²) in [6.07, 6.45) is 3.66. The molecule has 1 aliphatic heterocycles. The maximum absolute atomic E-state index is 5.97. The molecule has 19 heavy (non-hydrogen) atoms. The Morgan fingerprint density at radius 1 is 1.37 bits per heavy atom. The molecule has 0 saturated carbocycles. The van der Waals surface area contributed by atoms with Gasteiger partial charge in [0.1, 0.15) is 5.75 Å². The molecular weight excluding hydrogens is 238 g/mol. The average Bonchev–Trinajstić information content (AvgIpc) is 2.86. The van der Waals surface area contributed by atoms with E-state index in [2.05, 4.69) is 22.0 Å². The van der Waals surface area contributed by atoms with Gasteiger partial charge in [0.2, 0.25) is 0 Å². The van der Waals surface area contributed by atoms with Crippen LogP contribution in [0.2, 0.25) is 0 Å². The molecule has 0 fully saturated rings. The van der Waals surface area contributed by atoms with Gasteiger partial charge in [0.25, 0.3) is 0 Å². The summed E-state index contributed by atoms with van der Waals surface area (Å²) in [7, 11) is 1.71. The molecular formula is C15H17N3O. The Kier molecular flexibility index (Phi) is 3.09. The van der Waals surface area contributed by atoms with Crippen LogP contribution < -0.4 is 15.4 Å². The lowest BCUT2D eigenvalue weighted by molar-refractivity contribution is 0.410. The van der Waals surface area contributed by atoms with Gasteiger partial charge in [0.05, 0.1) is 25.0 Å². The molecule has 0 radical (unpaired) electrons. The molecule has 0 aliphatic carbocycles. The molecule has 0 amide bonds. The molecule has 2 heterocycles. The minimum absolute atomic E-state index is 0.189. The van der Waals surface area contributed by atoms with Gasteiger partial charge in [-0.25, -0.2) is 0 Å². The first-order chi connectivity index (χ1) is 9.35. The summed E-state index contributed by atoms with van der Waals surface area (Å²) in [5.41, 5.74) is 9.54. The topological polar surface area (TPSA) is 51.4 Å². The van der Waals surface area contributed by atoms with E-state index in [4.69, 9.17) is 10.5 Å². The van der Waals surface area contributed by atoms with E-state index >= 15 is 0 Å². The SMILES string of the molecule is COc1cccc2c1CN(c1cccnc1)C2CN. The second-order valence-electron chi connectivity index (χ2n) is 4.62. The number of fused-ring (bicyclic) bond motifs is 1. The summed E-state index contributed by atoms with van der Waals surface area (Å²) in [4.78, 5) is 6.47. The molecule has 98 valence electrons. The van der Waals surface area contributed by atoms with Crippen molar-refractivity contribution in [1.29, 1.82) is 0 Å². The number of anilines is 1. The van der Waals surface area contributed by atoms with Crippen molar-refractivity contribution in [3.63, 3.8) is 0 Å². The lowest BCUT2D eigenvalue weighted by Crippen LogP contribution is -2.27. The lowest BCUT2D eigenvalue weighted by Gasteiger charge is -2.25. The summed E-state index contributed by atoms with van der Waals surface area (Å²) in [5, 5.41) is 0. The molecule has 3 rings (SSSR count). The third-order valence-electron chi connectivity index (χ3n) is 3.65. The molecule has 0 bridgehead atoms. The molecule has 1 unspecified atom stereocenters. The summed E-state index contributed by atoms with van der Waals surface area (Å²) >= 11 is 0. The molecule has 1 aromatic carbocycles. The zero-order valence-electron chi connectivity index (χ0n) is 10.9. The molecule has 4 heteroatoms. The number of methoxy groups -OCH3 is 1. The Morgan fingerprint density at radius 2 is 2.26 bits per heavy atom. The lowest BCUT2D eigenvalue weighted by atomic mass is 10.0. The van der Waals surface area contributed by atoms with Crippen molar-refractivity contribution in [3.8, 4) is 5.75 Å². The number of nitrogens with zero attached hydrogens (tertiary/aromatic N) is 2. The van der Waals surface area contributed by atoms with E-state index in [9.17, 15) is 0 Å². The van der Waals surface area contributed by atoms with E-state index in [1.807, 2.05) is 24.4 Å². The third-order valence-corrected chi connectivity index (χ3v) is 3.65. The maximum atomic E-state index is 5.97. The molecule has 2 aromatic rings. The van der Waals surface area contributed by atoms with Crippen molar-refractivity contribution in [2.75, 3.05) is 18.6 Å². The average molecular weight is 255 g/mol. The van der Waals surface area contributed by atoms with Crippen molar-refractivity contribution < 1.29 is 4.74 Å². The first-order valence-electron chi connectivity index (χ1n) is 6.37. The molecule has 0 saturated heterocycles. The monoisotopic (exact) mass is 255 g/mol. The zero-order chi connectivity index (χ0) is 13.2. The Labute approximate surface area is 112 Å². The molecule has 0 spiro atoms. The number of hydrogen-bond donors (Lipinski definition) is 1. The van der Waals surface area contributed by atoms with Gasteiger partial charge in [-0.05, 0) is 23.8 Å². The Hall–Kier alpha value is -2.07. The number of pyridine rings is 1. The van der Waals surface area contributed by atoms with Crippen LogP contribution in [-0.4, -0.2) is 18.6 Å². The van der Waals surface area contributed by atoms with Crippen molar-refractivity contribution in [3.05, 3.63) is 53.9 Å². The molecule has 1 aromatic heterocycles. The van der Waals surface area contributed by atoms with Gasteiger partial charge in [-0.15, -0.1) is 0 Å². The normalized spacial score (nSPS) is 17.4. The van der Waals surface area contributed by atoms with Crippen molar-refractivity contribution in [2.45, 2.75) is 12.6 Å². The third kappa shape index (κ3) is 1.94. The van der Waals surface area contributed by atoms with Crippen LogP contribution in [0.5, 0.6) is 5.75 Å². The number of nitrogens with two attached hydrogens (primary N) is 1. The van der Waals surface area contributed by atoms with Gasteiger partial charge in [-0.1, -0.05) is 12.1 Å². The van der Waals surface area contributed by atoms with Gasteiger partial charge >= 0.3 is 0 Å². The molecule has 4 nitrogen and oxygen atoms in total. The van der Waals surface area contributed by atoms with Crippen LogP contribution in [-0.2, 0) is 6.54 Å². The van der Waals surface area contributed by atoms with Crippen LogP contribution in [0, 0.1) is 0 Å². The minimum atomic E-state index is 0.189. The smallest absolute Gasteiger partial charge is 0.124 e. The van der Waals surface area contributed by atoms with Crippen molar-refractivity contribution >= 4 is 5.69 Å². The number of ether oxygens (including phenoxy) is 1. The van der Waals surface area contributed by atoms with Crippen LogP contribution in [0.1, 0.15) is 17.2 Å². The number of hydrogen-bond acceptors (Lipinski definition) is 4. The van der Waals surface area contributed by atoms with Crippen LogP contribution in [0.4, 0.5) is 5.69 Å². The van der Waals surface area contributed by atoms with Crippen LogP contribution in [0.3, 0.4) is 0 Å². The van der Waals surface area contributed by atoms with Crippen LogP contribution >= 0.6 is 0 Å². The second kappa shape index (κ2) is 4.90. The van der Waals surface area contributed by atoms with Crippen LogP contribution in [0.15, 0.2) is 42.7 Å². The maximum Gasteiger partial charge on any atom is 0.124 e. The van der Waals surface area contributed by atoms with E-state index in [1.165, 1.54) is 11.1 Å². The van der Waals surface area contributed by atoms with Gasteiger partial charge < -0.3 is 15.4 Å². The van der Waals surface area contributed by atoms with Crippen LogP contribution in [0.25, 0.3) is 0 Å². The largest absolute Gasteiger partial charge is 0.496 e. The molecule has 2 N–H and O–H groups in total. The highest BCUT2D eigenvalue weighted by atomic mass is 16.5. The predicted molar refractivity (Wildman–Crippen MR) is 75.2 cm³/mol. The number of aromatic nitrogens is 1. The fourth-order valence-electron chi connectivity index (χ4n) is 2.75. The first-order valence-corrected chi connectivity index (χ1v) is 6.37. The van der Waals surface area contributed by atoms with E-state index in [-0.39, 0.29) is 6.04 Å².